The molecule has 0 fully saturated rings. The van der Waals surface area contributed by atoms with Gasteiger partial charge in [0, 0.05) is 43.5 Å². The normalized spacial score (nSPS) is 12.8. The van der Waals surface area contributed by atoms with Crippen molar-refractivity contribution in [1.82, 2.24) is 19.5 Å². The van der Waals surface area contributed by atoms with Crippen molar-refractivity contribution >= 4 is 29.1 Å². The van der Waals surface area contributed by atoms with Crippen LogP contribution >= 0.6 is 0 Å². The fourth-order valence-corrected chi connectivity index (χ4v) is 12.3. The molecule has 0 unspecified atom stereocenters. The molecule has 0 saturated heterocycles. The van der Waals surface area contributed by atoms with Crippen LogP contribution in [0.4, 0.5) is 0 Å². The molecule has 0 amide bonds. The number of sulfone groups is 1. The Morgan fingerprint density at radius 1 is 0.976 bits per heavy atom. The molecule has 3 heterocycles. The highest BCUT2D eigenvalue weighted by molar-refractivity contribution is 7.90. The zero-order valence-electron chi connectivity index (χ0n) is 26.0. The van der Waals surface area contributed by atoms with Crippen molar-refractivity contribution < 1.29 is 22.0 Å². The molecule has 4 rings (SSSR count). The molecule has 4 aromatic rings. The first-order chi connectivity index (χ1) is 19.9. The van der Waals surface area contributed by atoms with E-state index >= 15 is 0 Å². The van der Waals surface area contributed by atoms with Gasteiger partial charge < -0.3 is 18.1 Å². The maximum absolute atomic E-state index is 12.3. The minimum absolute atomic E-state index is 0.232. The largest absolute Gasteiger partial charge is 0.464 e. The summed E-state index contributed by atoms with van der Waals surface area (Å²) < 4.78 is 44.7. The summed E-state index contributed by atoms with van der Waals surface area (Å²) in [6, 6.07) is 9.54. The molecule has 0 bridgehead atoms. The molecule has 9 nitrogen and oxygen atoms in total. The molecule has 0 N–H and O–H groups in total. The lowest BCUT2D eigenvalue weighted by Crippen LogP contribution is -2.47. The van der Waals surface area contributed by atoms with Crippen LogP contribution in [0.5, 0.6) is 0 Å². The molecule has 3 aromatic heterocycles. The topological polar surface area (TPSA) is 109 Å². The third kappa shape index (κ3) is 6.54. The SMILES string of the molecule is COCn1c(CCCCO[Si](C(C)C)(C(C)C)C(C)C)nc(-c2ccc3ccoc3c2)c1-c1ccnc(S(C)(=O)=O)n1. The average molecular weight is 613 g/mol. The van der Waals surface area contributed by atoms with Crippen LogP contribution in [0.25, 0.3) is 33.6 Å². The first-order valence-corrected chi connectivity index (χ1v) is 18.7. The van der Waals surface area contributed by atoms with Crippen LogP contribution in [0.15, 0.2) is 52.4 Å². The van der Waals surface area contributed by atoms with Crippen molar-refractivity contribution in [3.8, 4) is 22.6 Å². The first kappa shape index (κ1) is 32.1. The Kier molecular flexibility index (Phi) is 10.1. The number of hydrogen-bond acceptors (Lipinski definition) is 8. The number of hydrogen-bond donors (Lipinski definition) is 0. The number of ether oxygens (including phenoxy) is 1. The van der Waals surface area contributed by atoms with E-state index in [-0.39, 0.29) is 11.9 Å². The van der Waals surface area contributed by atoms with Gasteiger partial charge in [-0.15, -0.1) is 0 Å². The van der Waals surface area contributed by atoms with Crippen molar-refractivity contribution in [3.05, 3.63) is 48.6 Å². The summed E-state index contributed by atoms with van der Waals surface area (Å²) >= 11 is 0. The van der Waals surface area contributed by atoms with E-state index in [4.69, 9.17) is 18.6 Å². The van der Waals surface area contributed by atoms with E-state index in [1.165, 1.54) is 6.20 Å². The second-order valence-electron chi connectivity index (χ2n) is 11.9. The van der Waals surface area contributed by atoms with Gasteiger partial charge in [0.25, 0.3) is 0 Å². The van der Waals surface area contributed by atoms with Gasteiger partial charge in [0.15, 0.2) is 8.32 Å². The third-order valence-corrected chi connectivity index (χ3v) is 15.1. The average Bonchev–Trinajstić information content (AvgIpc) is 3.54. The van der Waals surface area contributed by atoms with E-state index in [9.17, 15) is 8.42 Å². The Morgan fingerprint density at radius 2 is 1.69 bits per heavy atom. The number of imidazole rings is 1. The minimum Gasteiger partial charge on any atom is -0.464 e. The van der Waals surface area contributed by atoms with Crippen LogP contribution in [-0.4, -0.2) is 56.2 Å². The van der Waals surface area contributed by atoms with Crippen LogP contribution in [0.2, 0.25) is 16.6 Å². The second-order valence-corrected chi connectivity index (χ2v) is 19.2. The molecule has 228 valence electrons. The molecule has 11 heteroatoms. The minimum atomic E-state index is -3.61. The molecular weight excluding hydrogens is 569 g/mol. The van der Waals surface area contributed by atoms with E-state index in [1.54, 1.807) is 19.4 Å². The van der Waals surface area contributed by atoms with E-state index < -0.39 is 18.2 Å². The summed E-state index contributed by atoms with van der Waals surface area (Å²) in [7, 11) is -3.90. The van der Waals surface area contributed by atoms with Gasteiger partial charge in [-0.3, -0.25) is 0 Å². The molecule has 1 aromatic carbocycles. The second kappa shape index (κ2) is 13.2. The lowest BCUT2D eigenvalue weighted by Gasteiger charge is -2.42. The molecule has 0 aliphatic rings. The number of benzene rings is 1. The lowest BCUT2D eigenvalue weighted by molar-refractivity contribution is 0.129. The Morgan fingerprint density at radius 3 is 2.33 bits per heavy atom. The fourth-order valence-electron chi connectivity index (χ4n) is 6.31. The highest BCUT2D eigenvalue weighted by Crippen LogP contribution is 2.42. The highest BCUT2D eigenvalue weighted by Gasteiger charge is 2.44. The summed E-state index contributed by atoms with van der Waals surface area (Å²) in [5, 5.41) is 0.756. The zero-order valence-corrected chi connectivity index (χ0v) is 27.9. The van der Waals surface area contributed by atoms with Gasteiger partial charge in [-0.1, -0.05) is 53.7 Å². The summed E-state index contributed by atoms with van der Waals surface area (Å²) in [6.07, 6.45) is 6.72. The van der Waals surface area contributed by atoms with Gasteiger partial charge in [-0.05, 0) is 47.7 Å². The maximum atomic E-state index is 12.3. The molecular formula is C31H44N4O5SSi. The third-order valence-electron chi connectivity index (χ3n) is 8.10. The van der Waals surface area contributed by atoms with E-state index in [2.05, 4.69) is 51.5 Å². The summed E-state index contributed by atoms with van der Waals surface area (Å²) in [5.74, 6) is 0.834. The predicted octanol–water partition coefficient (Wildman–Crippen LogP) is 7.28. The van der Waals surface area contributed by atoms with Gasteiger partial charge in [-0.25, -0.2) is 23.4 Å². The number of aromatic nitrogens is 4. The first-order valence-electron chi connectivity index (χ1n) is 14.6. The Hall–Kier alpha value is -2.86. The fraction of sp³-hybridized carbons (Fsp3) is 0.516. The zero-order chi connectivity index (χ0) is 30.7. The monoisotopic (exact) mass is 612 g/mol. The van der Waals surface area contributed by atoms with E-state index in [1.807, 2.05) is 28.8 Å². The predicted molar refractivity (Wildman–Crippen MR) is 169 cm³/mol. The molecule has 0 radical (unpaired) electrons. The van der Waals surface area contributed by atoms with Gasteiger partial charge in [0.1, 0.15) is 18.1 Å². The smallest absolute Gasteiger partial charge is 0.247 e. The Balaban J connectivity index is 1.69. The summed E-state index contributed by atoms with van der Waals surface area (Å²) in [6.45, 7) is 14.8. The van der Waals surface area contributed by atoms with Gasteiger partial charge in [0.05, 0.1) is 23.3 Å². The van der Waals surface area contributed by atoms with Crippen LogP contribution in [-0.2, 0) is 32.2 Å². The van der Waals surface area contributed by atoms with Gasteiger partial charge in [0.2, 0.25) is 15.0 Å². The molecule has 0 spiro atoms. The molecule has 42 heavy (non-hydrogen) atoms. The van der Waals surface area contributed by atoms with Crippen LogP contribution in [0.3, 0.4) is 0 Å². The highest BCUT2D eigenvalue weighted by atomic mass is 32.2. The molecule has 0 atom stereocenters. The number of fused-ring (bicyclic) bond motifs is 1. The van der Waals surface area contributed by atoms with Gasteiger partial charge in [-0.2, -0.15) is 0 Å². The van der Waals surface area contributed by atoms with Crippen LogP contribution in [0, 0.1) is 0 Å². The van der Waals surface area contributed by atoms with E-state index in [0.717, 1.165) is 48.1 Å². The van der Waals surface area contributed by atoms with E-state index in [0.29, 0.717) is 40.1 Å². The van der Waals surface area contributed by atoms with Crippen LogP contribution < -0.4 is 0 Å². The van der Waals surface area contributed by atoms with Crippen molar-refractivity contribution in [3.63, 3.8) is 0 Å². The van der Waals surface area contributed by atoms with Gasteiger partial charge >= 0.3 is 0 Å². The number of rotatable bonds is 14. The maximum Gasteiger partial charge on any atom is 0.247 e. The van der Waals surface area contributed by atoms with Crippen LogP contribution in [0.1, 0.15) is 60.2 Å². The number of furan rings is 1. The number of aryl methyl sites for hydroxylation is 1. The molecule has 0 aliphatic carbocycles. The van der Waals surface area contributed by atoms with Crippen molar-refractivity contribution in [2.24, 2.45) is 0 Å². The molecule has 0 aliphatic heterocycles. The number of nitrogens with zero attached hydrogens (tertiary/aromatic N) is 4. The van der Waals surface area contributed by atoms with Crippen molar-refractivity contribution in [2.75, 3.05) is 20.0 Å². The Labute approximate surface area is 250 Å². The number of unbranched alkanes of at least 4 members (excludes halogenated alkanes) is 1. The lowest BCUT2D eigenvalue weighted by atomic mass is 10.1. The standard InChI is InChI=1S/C31H44N4O5SSi/c1-21(2)42(22(3)4,23(5)6)40-17-10-9-11-28-34-29(25-13-12-24-15-18-39-27(24)19-25)30(35(28)20-38-7)26-14-16-32-31(33-26)41(8,36)37/h12-16,18-19,21-23H,9-11,17,20H2,1-8H3. The quantitative estimate of drug-likeness (QED) is 0.0830. The summed E-state index contributed by atoms with van der Waals surface area (Å²) in [5.41, 5.74) is 5.02. The summed E-state index contributed by atoms with van der Waals surface area (Å²) in [4.78, 5) is 13.5. The van der Waals surface area contributed by atoms with Crippen molar-refractivity contribution in [1.29, 1.82) is 0 Å². The van der Waals surface area contributed by atoms with Crippen molar-refractivity contribution in [2.45, 2.75) is 89.3 Å². The molecule has 0 saturated carbocycles. The Bertz CT molecular complexity index is 1590. The number of methoxy groups -OCH3 is 1.